The maximum atomic E-state index is 13.2. The Morgan fingerprint density at radius 3 is 2.62 bits per heavy atom. The van der Waals surface area contributed by atoms with E-state index >= 15 is 0 Å². The first-order valence-electron chi connectivity index (χ1n) is 8.45. The van der Waals surface area contributed by atoms with Crippen molar-refractivity contribution in [2.75, 3.05) is 6.54 Å². The fraction of sp³-hybridized carbons (Fsp3) is 0.350. The van der Waals surface area contributed by atoms with E-state index in [1.807, 2.05) is 29.2 Å². The number of rotatable bonds is 3. The van der Waals surface area contributed by atoms with Crippen LogP contribution in [-0.2, 0) is 4.79 Å². The average Bonchev–Trinajstić information content (AvgIpc) is 3.23. The van der Waals surface area contributed by atoms with Crippen molar-refractivity contribution in [2.24, 2.45) is 5.92 Å². The topological polar surface area (TPSA) is 20.3 Å². The lowest BCUT2D eigenvalue weighted by molar-refractivity contribution is -0.133. The van der Waals surface area contributed by atoms with Crippen LogP contribution in [0, 0.1) is 11.7 Å². The van der Waals surface area contributed by atoms with Gasteiger partial charge in [-0.05, 0) is 54.5 Å². The summed E-state index contributed by atoms with van der Waals surface area (Å²) in [6.45, 7) is 0.784. The summed E-state index contributed by atoms with van der Waals surface area (Å²) in [4.78, 5) is 14.9. The van der Waals surface area contributed by atoms with Crippen molar-refractivity contribution in [3.05, 3.63) is 70.5 Å². The lowest BCUT2D eigenvalue weighted by Gasteiger charge is -2.25. The standard InChI is InChI=1S/C20H19ClFNO/c21-18-5-2-1-4-15(18)16-12-17(16)20(24)23-11-3-6-19(23)13-7-9-14(22)10-8-13/h1-2,4-5,7-10,16-17,19H,3,6,11-12H2. The second-order valence-electron chi connectivity index (χ2n) is 6.71. The van der Waals surface area contributed by atoms with Crippen molar-refractivity contribution in [3.8, 4) is 0 Å². The number of carbonyl (C=O) groups is 1. The third-order valence-electron chi connectivity index (χ3n) is 5.20. The van der Waals surface area contributed by atoms with Crippen LogP contribution in [0.15, 0.2) is 48.5 Å². The van der Waals surface area contributed by atoms with E-state index in [4.69, 9.17) is 11.6 Å². The van der Waals surface area contributed by atoms with Crippen LogP contribution in [-0.4, -0.2) is 17.4 Å². The van der Waals surface area contributed by atoms with Crippen molar-refractivity contribution in [1.29, 1.82) is 0 Å². The average molecular weight is 344 g/mol. The van der Waals surface area contributed by atoms with Crippen LogP contribution >= 0.6 is 11.6 Å². The first kappa shape index (κ1) is 15.6. The van der Waals surface area contributed by atoms with Gasteiger partial charge in [-0.25, -0.2) is 4.39 Å². The molecule has 1 heterocycles. The summed E-state index contributed by atoms with van der Waals surface area (Å²) in [5, 5.41) is 0.745. The number of carbonyl (C=O) groups excluding carboxylic acids is 1. The minimum absolute atomic E-state index is 0.0333. The highest BCUT2D eigenvalue weighted by Crippen LogP contribution is 2.51. The normalized spacial score (nSPS) is 25.8. The largest absolute Gasteiger partial charge is 0.335 e. The van der Waals surface area contributed by atoms with Gasteiger partial charge in [-0.1, -0.05) is 41.9 Å². The molecule has 2 aromatic carbocycles. The molecule has 1 aliphatic heterocycles. The van der Waals surface area contributed by atoms with Crippen molar-refractivity contribution >= 4 is 17.5 Å². The van der Waals surface area contributed by atoms with Crippen LogP contribution in [0.25, 0.3) is 0 Å². The van der Waals surface area contributed by atoms with Gasteiger partial charge >= 0.3 is 0 Å². The van der Waals surface area contributed by atoms with E-state index in [0.29, 0.717) is 0 Å². The molecule has 4 heteroatoms. The Balaban J connectivity index is 1.50. The summed E-state index contributed by atoms with van der Waals surface area (Å²) >= 11 is 6.27. The maximum absolute atomic E-state index is 13.2. The SMILES string of the molecule is O=C(C1CC1c1ccccc1Cl)N1CCCC1c1ccc(F)cc1. The second-order valence-corrected chi connectivity index (χ2v) is 7.12. The Morgan fingerprint density at radius 2 is 1.88 bits per heavy atom. The van der Waals surface area contributed by atoms with Crippen molar-refractivity contribution < 1.29 is 9.18 Å². The molecular formula is C20H19ClFNO. The van der Waals surface area contributed by atoms with Crippen molar-refractivity contribution in [1.82, 2.24) is 4.90 Å². The lowest BCUT2D eigenvalue weighted by Crippen LogP contribution is -2.32. The van der Waals surface area contributed by atoms with Crippen molar-refractivity contribution in [2.45, 2.75) is 31.2 Å². The van der Waals surface area contributed by atoms with Gasteiger partial charge in [-0.15, -0.1) is 0 Å². The molecule has 0 spiro atoms. The van der Waals surface area contributed by atoms with Crippen LogP contribution in [0.3, 0.4) is 0 Å². The zero-order valence-corrected chi connectivity index (χ0v) is 14.0. The first-order chi connectivity index (χ1) is 11.6. The van der Waals surface area contributed by atoms with E-state index in [-0.39, 0.29) is 29.6 Å². The molecule has 0 N–H and O–H groups in total. The van der Waals surface area contributed by atoms with E-state index in [1.54, 1.807) is 12.1 Å². The molecule has 2 fully saturated rings. The van der Waals surface area contributed by atoms with Crippen LogP contribution in [0.2, 0.25) is 5.02 Å². The van der Waals surface area contributed by atoms with E-state index in [1.165, 1.54) is 12.1 Å². The van der Waals surface area contributed by atoms with Gasteiger partial charge in [0.2, 0.25) is 5.91 Å². The minimum atomic E-state index is -0.240. The molecule has 0 bridgehead atoms. The summed E-state index contributed by atoms with van der Waals surface area (Å²) in [5.41, 5.74) is 2.10. The Morgan fingerprint density at radius 1 is 1.12 bits per heavy atom. The third kappa shape index (κ3) is 2.82. The molecule has 3 unspecified atom stereocenters. The highest BCUT2D eigenvalue weighted by molar-refractivity contribution is 6.31. The summed E-state index contributed by atoms with van der Waals surface area (Å²) in [7, 11) is 0. The number of benzene rings is 2. The number of hydrogen-bond donors (Lipinski definition) is 0. The van der Waals surface area contributed by atoms with Crippen LogP contribution in [0.4, 0.5) is 4.39 Å². The zero-order chi connectivity index (χ0) is 16.7. The first-order valence-corrected chi connectivity index (χ1v) is 8.83. The van der Waals surface area contributed by atoms with Gasteiger partial charge in [-0.3, -0.25) is 4.79 Å². The molecule has 2 aliphatic rings. The van der Waals surface area contributed by atoms with Crippen LogP contribution < -0.4 is 0 Å². The van der Waals surface area contributed by atoms with E-state index < -0.39 is 0 Å². The summed E-state index contributed by atoms with van der Waals surface area (Å²) in [5.74, 6) is 0.244. The molecule has 4 rings (SSSR count). The van der Waals surface area contributed by atoms with E-state index in [2.05, 4.69) is 0 Å². The Labute approximate surface area is 146 Å². The molecule has 1 amide bonds. The quantitative estimate of drug-likeness (QED) is 0.772. The third-order valence-corrected chi connectivity index (χ3v) is 5.55. The summed E-state index contributed by atoms with van der Waals surface area (Å²) in [6, 6.07) is 14.4. The molecule has 124 valence electrons. The van der Waals surface area contributed by atoms with Gasteiger partial charge < -0.3 is 4.90 Å². The summed E-state index contributed by atoms with van der Waals surface area (Å²) in [6.07, 6.45) is 2.81. The molecule has 3 atom stereocenters. The molecule has 2 nitrogen and oxygen atoms in total. The Hall–Kier alpha value is -1.87. The Bertz CT molecular complexity index is 760. The molecule has 0 radical (unpaired) electrons. The number of hydrogen-bond acceptors (Lipinski definition) is 1. The predicted octanol–water partition coefficient (Wildman–Crippen LogP) is 4.95. The number of likely N-dealkylation sites (tertiary alicyclic amines) is 1. The molecule has 0 aromatic heterocycles. The highest BCUT2D eigenvalue weighted by Gasteiger charge is 2.48. The van der Waals surface area contributed by atoms with Crippen molar-refractivity contribution in [3.63, 3.8) is 0 Å². The fourth-order valence-electron chi connectivity index (χ4n) is 3.86. The van der Waals surface area contributed by atoms with Crippen LogP contribution in [0.5, 0.6) is 0 Å². The van der Waals surface area contributed by atoms with Gasteiger partial charge in [0.05, 0.1) is 6.04 Å². The number of nitrogens with zero attached hydrogens (tertiary/aromatic N) is 1. The smallest absolute Gasteiger partial charge is 0.226 e. The summed E-state index contributed by atoms with van der Waals surface area (Å²) < 4.78 is 13.2. The molecular weight excluding hydrogens is 325 g/mol. The van der Waals surface area contributed by atoms with Gasteiger partial charge in [0.15, 0.2) is 0 Å². The maximum Gasteiger partial charge on any atom is 0.226 e. The van der Waals surface area contributed by atoms with Gasteiger partial charge in [0, 0.05) is 17.5 Å². The molecule has 1 saturated carbocycles. The monoisotopic (exact) mass is 343 g/mol. The van der Waals surface area contributed by atoms with Gasteiger partial charge in [0.25, 0.3) is 0 Å². The fourth-order valence-corrected chi connectivity index (χ4v) is 4.14. The van der Waals surface area contributed by atoms with Gasteiger partial charge in [-0.2, -0.15) is 0 Å². The van der Waals surface area contributed by atoms with Crippen LogP contribution in [0.1, 0.15) is 42.3 Å². The molecule has 24 heavy (non-hydrogen) atoms. The zero-order valence-electron chi connectivity index (χ0n) is 13.3. The second kappa shape index (κ2) is 6.21. The highest BCUT2D eigenvalue weighted by atomic mass is 35.5. The van der Waals surface area contributed by atoms with E-state index in [0.717, 1.165) is 42.0 Å². The minimum Gasteiger partial charge on any atom is -0.335 e. The lowest BCUT2D eigenvalue weighted by atomic mass is 10.0. The molecule has 1 saturated heterocycles. The number of amides is 1. The van der Waals surface area contributed by atoms with E-state index in [9.17, 15) is 9.18 Å². The molecule has 1 aliphatic carbocycles. The number of halogens is 2. The molecule has 2 aromatic rings. The van der Waals surface area contributed by atoms with Gasteiger partial charge in [0.1, 0.15) is 5.82 Å². The predicted molar refractivity (Wildman–Crippen MR) is 92.4 cm³/mol. The Kier molecular flexibility index (Phi) is 4.05.